The molecule has 0 aliphatic rings. The van der Waals surface area contributed by atoms with Crippen molar-refractivity contribution in [2.24, 2.45) is 0 Å². The highest BCUT2D eigenvalue weighted by molar-refractivity contribution is 4.81. The Morgan fingerprint density at radius 3 is 1.95 bits per heavy atom. The lowest BCUT2D eigenvalue weighted by atomic mass is 10.1. The summed E-state index contributed by atoms with van der Waals surface area (Å²) in [5, 5.41) is 3.62. The van der Waals surface area contributed by atoms with E-state index >= 15 is 0 Å². The Morgan fingerprint density at radius 1 is 0.714 bits per heavy atom. The number of hydrogen-bond donors (Lipinski definition) is 1. The van der Waals surface area contributed by atoms with E-state index in [4.69, 9.17) is 0 Å². The first kappa shape index (κ1) is 20.7. The maximum absolute atomic E-state index is 3.62. The lowest BCUT2D eigenvalue weighted by Gasteiger charge is -2.13. The largest absolute Gasteiger partial charge is 0.314 e. The van der Waals surface area contributed by atoms with Crippen molar-refractivity contribution in [1.29, 1.82) is 0 Å². The number of rotatable bonds is 16. The van der Waals surface area contributed by atoms with E-state index in [9.17, 15) is 0 Å². The third-order valence-corrected chi connectivity index (χ3v) is 4.17. The fourth-order valence-corrected chi connectivity index (χ4v) is 2.60. The van der Waals surface area contributed by atoms with Crippen LogP contribution in [0.25, 0.3) is 0 Å². The minimum atomic E-state index is 0.713. The van der Waals surface area contributed by atoms with Crippen LogP contribution in [-0.2, 0) is 0 Å². The van der Waals surface area contributed by atoms with Gasteiger partial charge in [-0.1, -0.05) is 77.4 Å². The van der Waals surface area contributed by atoms with Crippen molar-refractivity contribution < 1.29 is 0 Å². The van der Waals surface area contributed by atoms with Crippen molar-refractivity contribution in [3.8, 4) is 0 Å². The Bertz CT molecular complexity index is 210. The van der Waals surface area contributed by atoms with E-state index in [0.29, 0.717) is 6.04 Å². The molecular formula is C20H41N. The maximum Gasteiger partial charge on any atom is 0.00387 e. The van der Waals surface area contributed by atoms with Gasteiger partial charge in [0.2, 0.25) is 0 Å². The standard InChI is InChI=1S/C20H41N/c1-4-6-8-9-10-11-12-13-14-15-16-17-18-20(3)21-19-7-5-2/h9-10,20-21H,4-8,11-19H2,1-3H3/b10-9+. The van der Waals surface area contributed by atoms with Crippen molar-refractivity contribution in [2.45, 2.75) is 110 Å². The van der Waals surface area contributed by atoms with Gasteiger partial charge in [0, 0.05) is 6.04 Å². The predicted molar refractivity (Wildman–Crippen MR) is 98.0 cm³/mol. The Kier molecular flexibility index (Phi) is 17.5. The van der Waals surface area contributed by atoms with Gasteiger partial charge in [0.1, 0.15) is 0 Å². The van der Waals surface area contributed by atoms with Crippen LogP contribution in [0.1, 0.15) is 104 Å². The first-order valence-corrected chi connectivity index (χ1v) is 9.69. The molecule has 1 nitrogen and oxygen atoms in total. The molecule has 0 aromatic carbocycles. The molecule has 0 saturated carbocycles. The molecule has 0 saturated heterocycles. The van der Waals surface area contributed by atoms with E-state index in [-0.39, 0.29) is 0 Å². The van der Waals surface area contributed by atoms with Crippen LogP contribution in [0, 0.1) is 0 Å². The molecule has 1 N–H and O–H groups in total. The van der Waals surface area contributed by atoms with Crippen molar-refractivity contribution in [1.82, 2.24) is 5.32 Å². The van der Waals surface area contributed by atoms with Crippen LogP contribution in [0.15, 0.2) is 12.2 Å². The summed E-state index contributed by atoms with van der Waals surface area (Å²) in [6.07, 6.45) is 22.5. The van der Waals surface area contributed by atoms with E-state index in [2.05, 4.69) is 38.2 Å². The Balaban J connectivity index is 3.13. The van der Waals surface area contributed by atoms with Crippen LogP contribution in [0.2, 0.25) is 0 Å². The zero-order valence-corrected chi connectivity index (χ0v) is 15.1. The van der Waals surface area contributed by atoms with Crippen LogP contribution >= 0.6 is 0 Å². The Labute approximate surface area is 135 Å². The van der Waals surface area contributed by atoms with E-state index in [0.717, 1.165) is 0 Å². The van der Waals surface area contributed by atoms with Crippen LogP contribution in [0.4, 0.5) is 0 Å². The number of hydrogen-bond acceptors (Lipinski definition) is 1. The summed E-state index contributed by atoms with van der Waals surface area (Å²) < 4.78 is 0. The topological polar surface area (TPSA) is 12.0 Å². The third-order valence-electron chi connectivity index (χ3n) is 4.17. The summed E-state index contributed by atoms with van der Waals surface area (Å²) in [6, 6.07) is 0.713. The van der Waals surface area contributed by atoms with Crippen molar-refractivity contribution in [3.63, 3.8) is 0 Å². The number of unbranched alkanes of at least 4 members (excludes halogenated alkanes) is 9. The molecule has 0 aromatic rings. The summed E-state index contributed by atoms with van der Waals surface area (Å²) in [6.45, 7) is 8.05. The zero-order valence-electron chi connectivity index (χ0n) is 15.1. The molecule has 0 spiro atoms. The average Bonchev–Trinajstić information content (AvgIpc) is 2.48. The van der Waals surface area contributed by atoms with Gasteiger partial charge >= 0.3 is 0 Å². The van der Waals surface area contributed by atoms with Gasteiger partial charge in [-0.2, -0.15) is 0 Å². The van der Waals surface area contributed by atoms with Gasteiger partial charge in [-0.05, 0) is 45.6 Å². The molecule has 0 radical (unpaired) electrons. The highest BCUT2D eigenvalue weighted by atomic mass is 14.9. The minimum Gasteiger partial charge on any atom is -0.314 e. The molecule has 0 rings (SSSR count). The van der Waals surface area contributed by atoms with Crippen LogP contribution < -0.4 is 5.32 Å². The molecular weight excluding hydrogens is 254 g/mol. The Hall–Kier alpha value is -0.300. The van der Waals surface area contributed by atoms with Gasteiger partial charge in [0.15, 0.2) is 0 Å². The summed E-state index contributed by atoms with van der Waals surface area (Å²) in [4.78, 5) is 0. The molecule has 126 valence electrons. The molecule has 1 heteroatoms. The summed E-state index contributed by atoms with van der Waals surface area (Å²) in [5.74, 6) is 0. The van der Waals surface area contributed by atoms with Gasteiger partial charge in [-0.25, -0.2) is 0 Å². The molecule has 1 unspecified atom stereocenters. The molecule has 0 bridgehead atoms. The van der Waals surface area contributed by atoms with Crippen molar-refractivity contribution in [3.05, 3.63) is 12.2 Å². The quantitative estimate of drug-likeness (QED) is 0.249. The van der Waals surface area contributed by atoms with Crippen LogP contribution in [-0.4, -0.2) is 12.6 Å². The molecule has 0 heterocycles. The van der Waals surface area contributed by atoms with Crippen molar-refractivity contribution >= 4 is 0 Å². The second-order valence-corrected chi connectivity index (χ2v) is 6.52. The fraction of sp³-hybridized carbons (Fsp3) is 0.900. The molecule has 0 amide bonds. The second-order valence-electron chi connectivity index (χ2n) is 6.52. The van der Waals surface area contributed by atoms with Gasteiger partial charge in [0.05, 0.1) is 0 Å². The van der Waals surface area contributed by atoms with E-state index < -0.39 is 0 Å². The summed E-state index contributed by atoms with van der Waals surface area (Å²) in [5.41, 5.74) is 0. The van der Waals surface area contributed by atoms with Gasteiger partial charge < -0.3 is 5.32 Å². The molecule has 0 aliphatic carbocycles. The smallest absolute Gasteiger partial charge is 0.00387 e. The maximum atomic E-state index is 3.62. The lowest BCUT2D eigenvalue weighted by Crippen LogP contribution is -2.26. The molecule has 1 atom stereocenters. The third kappa shape index (κ3) is 17.6. The van der Waals surface area contributed by atoms with E-state index in [1.165, 1.54) is 90.0 Å². The lowest BCUT2D eigenvalue weighted by molar-refractivity contribution is 0.472. The van der Waals surface area contributed by atoms with Crippen molar-refractivity contribution in [2.75, 3.05) is 6.54 Å². The molecule has 21 heavy (non-hydrogen) atoms. The zero-order chi connectivity index (χ0) is 15.6. The van der Waals surface area contributed by atoms with Gasteiger partial charge in [-0.3, -0.25) is 0 Å². The van der Waals surface area contributed by atoms with Gasteiger partial charge in [0.25, 0.3) is 0 Å². The molecule has 0 fully saturated rings. The predicted octanol–water partition coefficient (Wildman–Crippen LogP) is 6.63. The highest BCUT2D eigenvalue weighted by Crippen LogP contribution is 2.10. The second kappa shape index (κ2) is 17.8. The Morgan fingerprint density at radius 2 is 1.29 bits per heavy atom. The number of nitrogens with one attached hydrogen (secondary N) is 1. The molecule has 0 aliphatic heterocycles. The van der Waals surface area contributed by atoms with Crippen LogP contribution in [0.3, 0.4) is 0 Å². The first-order chi connectivity index (χ1) is 10.3. The minimum absolute atomic E-state index is 0.713. The summed E-state index contributed by atoms with van der Waals surface area (Å²) >= 11 is 0. The van der Waals surface area contributed by atoms with E-state index in [1.54, 1.807) is 0 Å². The van der Waals surface area contributed by atoms with Crippen LogP contribution in [0.5, 0.6) is 0 Å². The normalized spacial score (nSPS) is 13.1. The van der Waals surface area contributed by atoms with Gasteiger partial charge in [-0.15, -0.1) is 0 Å². The average molecular weight is 296 g/mol. The first-order valence-electron chi connectivity index (χ1n) is 9.69. The number of allylic oxidation sites excluding steroid dienone is 2. The monoisotopic (exact) mass is 295 g/mol. The van der Waals surface area contributed by atoms with E-state index in [1.807, 2.05) is 0 Å². The molecule has 0 aromatic heterocycles. The summed E-state index contributed by atoms with van der Waals surface area (Å²) in [7, 11) is 0. The fourth-order valence-electron chi connectivity index (χ4n) is 2.60. The SMILES string of the molecule is CCCC/C=C/CCCCCCCCC(C)NCCCC. The highest BCUT2D eigenvalue weighted by Gasteiger charge is 1.99.